The summed E-state index contributed by atoms with van der Waals surface area (Å²) in [7, 11) is 0. The van der Waals surface area contributed by atoms with Crippen molar-refractivity contribution in [1.82, 2.24) is 0 Å². The zero-order chi connectivity index (χ0) is 20.8. The molecule has 1 saturated carbocycles. The van der Waals surface area contributed by atoms with Crippen molar-refractivity contribution in [3.05, 3.63) is 71.7 Å². The van der Waals surface area contributed by atoms with E-state index in [0.717, 1.165) is 33.4 Å². The molecule has 3 rings (SSSR count). The van der Waals surface area contributed by atoms with E-state index in [1.807, 2.05) is 42.5 Å². The number of carbonyl (C=O) groups is 1. The highest BCUT2D eigenvalue weighted by molar-refractivity contribution is 7.19. The lowest BCUT2D eigenvalue weighted by Gasteiger charge is -2.18. The number of rotatable bonds is 9. The quantitative estimate of drug-likeness (QED) is 0.388. The fourth-order valence-electron chi connectivity index (χ4n) is 3.89. The van der Waals surface area contributed by atoms with E-state index in [-0.39, 0.29) is 18.3 Å². The lowest BCUT2D eigenvalue weighted by molar-refractivity contribution is -0.137. The maximum Gasteiger partial charge on any atom is 0.303 e. The Bertz CT molecular complexity index is 877. The van der Waals surface area contributed by atoms with Crippen molar-refractivity contribution in [3.63, 3.8) is 0 Å². The number of aliphatic carboxylic acids is 1. The number of hydrogen-bond donors (Lipinski definition) is 3. The van der Waals surface area contributed by atoms with E-state index in [1.165, 1.54) is 0 Å². The van der Waals surface area contributed by atoms with E-state index in [0.29, 0.717) is 12.8 Å². The average molecular weight is 413 g/mol. The molecule has 1 aromatic heterocycles. The molecule has 0 saturated heterocycles. The van der Waals surface area contributed by atoms with Gasteiger partial charge in [0.1, 0.15) is 6.10 Å². The van der Waals surface area contributed by atoms with Gasteiger partial charge in [0.15, 0.2) is 0 Å². The van der Waals surface area contributed by atoms with Gasteiger partial charge in [0.05, 0.1) is 6.10 Å². The molecule has 1 fully saturated rings. The Morgan fingerprint density at radius 1 is 1.31 bits per heavy atom. The van der Waals surface area contributed by atoms with Gasteiger partial charge in [-0.2, -0.15) is 0 Å². The molecule has 0 aliphatic heterocycles. The Labute approximate surface area is 175 Å². The predicted octanol–water partition coefficient (Wildman–Crippen LogP) is 5.25. The average Bonchev–Trinajstić information content (AvgIpc) is 3.23. The normalized spacial score (nSPS) is 23.5. The summed E-state index contributed by atoms with van der Waals surface area (Å²) in [5.74, 6) is -0.713. The number of carboxylic acids is 1. The van der Waals surface area contributed by atoms with Crippen molar-refractivity contribution in [2.45, 2.75) is 44.3 Å². The molecule has 4 atom stereocenters. The molecule has 1 aliphatic rings. The molecular weight excluding hydrogens is 384 g/mol. The number of fused-ring (bicyclic) bond motifs is 1. The zero-order valence-electron chi connectivity index (χ0n) is 16.4. The van der Waals surface area contributed by atoms with Crippen LogP contribution in [0, 0.1) is 11.8 Å². The minimum atomic E-state index is -0.770. The van der Waals surface area contributed by atoms with Crippen molar-refractivity contribution in [2.24, 2.45) is 11.8 Å². The fourth-order valence-corrected chi connectivity index (χ4v) is 4.92. The minimum absolute atomic E-state index is 0.0739. The monoisotopic (exact) mass is 412 g/mol. The van der Waals surface area contributed by atoms with Gasteiger partial charge in [-0.25, -0.2) is 0 Å². The van der Waals surface area contributed by atoms with Crippen LogP contribution < -0.4 is 0 Å². The van der Waals surface area contributed by atoms with E-state index in [4.69, 9.17) is 5.11 Å². The van der Waals surface area contributed by atoms with Crippen LogP contribution in [0.4, 0.5) is 0 Å². The summed E-state index contributed by atoms with van der Waals surface area (Å²) in [5.41, 5.74) is 1.03. The summed E-state index contributed by atoms with van der Waals surface area (Å²) in [6.45, 7) is 4.12. The molecule has 1 unspecified atom stereocenters. The van der Waals surface area contributed by atoms with Crippen LogP contribution in [0.1, 0.15) is 43.1 Å². The van der Waals surface area contributed by atoms with Crippen LogP contribution in [0.3, 0.4) is 0 Å². The van der Waals surface area contributed by atoms with Gasteiger partial charge in [0, 0.05) is 21.9 Å². The number of hydrogen-bond acceptors (Lipinski definition) is 4. The van der Waals surface area contributed by atoms with Crippen LogP contribution >= 0.6 is 11.3 Å². The number of aliphatic hydroxyl groups excluding tert-OH is 2. The number of carboxylic acid groups (broad SMARTS) is 1. The maximum atomic E-state index is 10.6. The molecule has 1 aliphatic carbocycles. The van der Waals surface area contributed by atoms with Crippen LogP contribution in [-0.4, -0.2) is 27.4 Å². The molecule has 154 valence electrons. The Balaban J connectivity index is 1.61. The van der Waals surface area contributed by atoms with Gasteiger partial charge in [0.25, 0.3) is 0 Å². The van der Waals surface area contributed by atoms with Gasteiger partial charge in [-0.05, 0) is 49.1 Å². The van der Waals surface area contributed by atoms with Crippen LogP contribution in [0.5, 0.6) is 0 Å². The standard InChI is InChI=1S/C24H28O4S/c1-16-14-21(26)19(18(16)9-4-2-3-5-11-24(27)28)12-13-20(25)23-15-17-8-6-7-10-22(17)29-23/h2,4,6-8,10,12-13,15,18-21,25-26H,1,3,5,9,11,14H2,(H,27,28)/t18-,19+,20?,21+/m0/s1. The molecular formula is C24H28O4S. The number of thiophene rings is 1. The van der Waals surface area contributed by atoms with Gasteiger partial charge in [-0.15, -0.1) is 11.3 Å². The second-order valence-electron chi connectivity index (χ2n) is 7.62. The topological polar surface area (TPSA) is 77.8 Å². The molecule has 1 heterocycles. The first-order chi connectivity index (χ1) is 14.0. The lowest BCUT2D eigenvalue weighted by Crippen LogP contribution is -2.17. The number of benzene rings is 1. The molecule has 5 heteroatoms. The first-order valence-electron chi connectivity index (χ1n) is 10.0. The van der Waals surface area contributed by atoms with Gasteiger partial charge in [-0.3, -0.25) is 4.79 Å². The molecule has 29 heavy (non-hydrogen) atoms. The van der Waals surface area contributed by atoms with Crippen molar-refractivity contribution >= 4 is 27.4 Å². The van der Waals surface area contributed by atoms with Crippen LogP contribution in [0.25, 0.3) is 10.1 Å². The van der Waals surface area contributed by atoms with Gasteiger partial charge >= 0.3 is 5.97 Å². The molecule has 3 N–H and O–H groups in total. The van der Waals surface area contributed by atoms with E-state index in [1.54, 1.807) is 17.4 Å². The van der Waals surface area contributed by atoms with Crippen molar-refractivity contribution < 1.29 is 20.1 Å². The van der Waals surface area contributed by atoms with E-state index >= 15 is 0 Å². The third-order valence-electron chi connectivity index (χ3n) is 5.47. The molecule has 0 radical (unpaired) electrons. The van der Waals surface area contributed by atoms with Crippen molar-refractivity contribution in [1.29, 1.82) is 0 Å². The van der Waals surface area contributed by atoms with Gasteiger partial charge in [0.2, 0.25) is 0 Å². The van der Waals surface area contributed by atoms with Crippen molar-refractivity contribution in [2.75, 3.05) is 0 Å². The number of allylic oxidation sites excluding steroid dienone is 2. The first kappa shape index (κ1) is 21.5. The predicted molar refractivity (Wildman–Crippen MR) is 118 cm³/mol. The third kappa shape index (κ3) is 5.66. The summed E-state index contributed by atoms with van der Waals surface area (Å²) in [6.07, 6.45) is 9.47. The Morgan fingerprint density at radius 3 is 2.86 bits per heavy atom. The molecule has 0 spiro atoms. The summed E-state index contributed by atoms with van der Waals surface area (Å²) < 4.78 is 1.15. The largest absolute Gasteiger partial charge is 0.481 e. The Hall–Kier alpha value is -2.21. The van der Waals surface area contributed by atoms with Gasteiger partial charge < -0.3 is 15.3 Å². The van der Waals surface area contributed by atoms with Gasteiger partial charge in [-0.1, -0.05) is 54.7 Å². The molecule has 1 aromatic carbocycles. The SMILES string of the molecule is C=C1C[C@@H](O)[C@H](C=CC(O)c2cc3ccccc3s2)[C@H]1CC=CCCCC(=O)O. The number of aliphatic hydroxyl groups is 2. The van der Waals surface area contributed by atoms with Crippen molar-refractivity contribution in [3.8, 4) is 0 Å². The smallest absolute Gasteiger partial charge is 0.303 e. The van der Waals surface area contributed by atoms with E-state index in [2.05, 4.69) is 12.7 Å². The van der Waals surface area contributed by atoms with Crippen LogP contribution in [-0.2, 0) is 4.79 Å². The zero-order valence-corrected chi connectivity index (χ0v) is 17.2. The van der Waals surface area contributed by atoms with E-state index < -0.39 is 18.2 Å². The van der Waals surface area contributed by atoms with Crippen LogP contribution in [0.2, 0.25) is 0 Å². The highest BCUT2D eigenvalue weighted by atomic mass is 32.1. The minimum Gasteiger partial charge on any atom is -0.481 e. The second kappa shape index (κ2) is 10.0. The third-order valence-corrected chi connectivity index (χ3v) is 6.66. The lowest BCUT2D eigenvalue weighted by atomic mass is 9.89. The molecule has 0 bridgehead atoms. The molecule has 4 nitrogen and oxygen atoms in total. The fraction of sp³-hybridized carbons (Fsp3) is 0.375. The molecule has 2 aromatic rings. The Kier molecular flexibility index (Phi) is 7.42. The summed E-state index contributed by atoms with van der Waals surface area (Å²) in [6, 6.07) is 10.1. The first-order valence-corrected chi connectivity index (χ1v) is 10.8. The maximum absolute atomic E-state index is 10.6. The summed E-state index contributed by atoms with van der Waals surface area (Å²) >= 11 is 1.58. The summed E-state index contributed by atoms with van der Waals surface area (Å²) in [4.78, 5) is 11.4. The Morgan fingerprint density at radius 2 is 2.10 bits per heavy atom. The second-order valence-corrected chi connectivity index (χ2v) is 8.74. The molecule has 0 amide bonds. The van der Waals surface area contributed by atoms with Crippen LogP contribution in [0.15, 0.2) is 66.8 Å². The van der Waals surface area contributed by atoms with E-state index in [9.17, 15) is 15.0 Å². The number of unbranched alkanes of at least 4 members (excludes halogenated alkanes) is 1. The highest BCUT2D eigenvalue weighted by Crippen LogP contribution is 2.40. The highest BCUT2D eigenvalue weighted by Gasteiger charge is 2.35. The summed E-state index contributed by atoms with van der Waals surface area (Å²) in [5, 5.41) is 30.8.